The molecule has 0 bridgehead atoms. The molecule has 2 N–H and O–H groups in total. The molecule has 1 amide bonds. The summed E-state index contributed by atoms with van der Waals surface area (Å²) in [5.74, 6) is -1.64. The van der Waals surface area contributed by atoms with Gasteiger partial charge >= 0.3 is 0 Å². The van der Waals surface area contributed by atoms with Crippen LogP contribution in [0.25, 0.3) is 11.2 Å². The summed E-state index contributed by atoms with van der Waals surface area (Å²) in [6.45, 7) is 1.64. The van der Waals surface area contributed by atoms with E-state index in [0.29, 0.717) is 12.1 Å². The Morgan fingerprint density at radius 2 is 2.00 bits per heavy atom. The van der Waals surface area contributed by atoms with Crippen molar-refractivity contribution in [2.45, 2.75) is 37.9 Å². The van der Waals surface area contributed by atoms with Crippen molar-refractivity contribution in [1.29, 1.82) is 0 Å². The summed E-state index contributed by atoms with van der Waals surface area (Å²) in [5, 5.41) is 2.94. The highest BCUT2D eigenvalue weighted by Gasteiger charge is 2.49. The average molecular weight is 481 g/mol. The maximum absolute atomic E-state index is 13.8. The van der Waals surface area contributed by atoms with E-state index in [0.717, 1.165) is 12.1 Å². The number of carbonyl (C=O) groups is 1. The minimum Gasteiger partial charge on any atom is -0.471 e. The van der Waals surface area contributed by atoms with Crippen molar-refractivity contribution < 1.29 is 32.5 Å². The van der Waals surface area contributed by atoms with E-state index in [1.54, 1.807) is 0 Å². The van der Waals surface area contributed by atoms with Crippen LogP contribution in [0.4, 0.5) is 8.78 Å². The third kappa shape index (κ3) is 4.31. The number of benzene rings is 1. The Kier molecular flexibility index (Phi) is 5.77. The number of aromatic amines is 1. The highest BCUT2D eigenvalue weighted by atomic mass is 35.5. The summed E-state index contributed by atoms with van der Waals surface area (Å²) in [5.41, 5.74) is 0.502. The van der Waals surface area contributed by atoms with Crippen molar-refractivity contribution in [3.63, 3.8) is 0 Å². The molecule has 2 aliphatic heterocycles. The molecule has 2 unspecified atom stereocenters. The van der Waals surface area contributed by atoms with Gasteiger partial charge in [0.2, 0.25) is 11.8 Å². The van der Waals surface area contributed by atoms with Gasteiger partial charge in [-0.05, 0) is 18.2 Å². The van der Waals surface area contributed by atoms with E-state index in [1.807, 2.05) is 0 Å². The number of amides is 1. The van der Waals surface area contributed by atoms with Gasteiger partial charge in [0.05, 0.1) is 30.3 Å². The Hall–Kier alpha value is -3.02. The van der Waals surface area contributed by atoms with E-state index in [9.17, 15) is 13.6 Å². The van der Waals surface area contributed by atoms with Crippen molar-refractivity contribution in [3.05, 3.63) is 46.5 Å². The van der Waals surface area contributed by atoms with Crippen molar-refractivity contribution in [1.82, 2.24) is 20.3 Å². The number of pyridine rings is 1. The minimum atomic E-state index is -0.727. The summed E-state index contributed by atoms with van der Waals surface area (Å²) >= 11 is 6.22. The fourth-order valence-electron chi connectivity index (χ4n) is 3.94. The van der Waals surface area contributed by atoms with Crippen LogP contribution in [-0.2, 0) is 20.9 Å². The Bertz CT molecular complexity index is 1190. The zero-order valence-electron chi connectivity index (χ0n) is 17.3. The lowest BCUT2D eigenvalue weighted by molar-refractivity contribution is -0.120. The van der Waals surface area contributed by atoms with Crippen LogP contribution in [0.15, 0.2) is 24.3 Å². The molecule has 2 aromatic heterocycles. The molecule has 0 spiro atoms. The van der Waals surface area contributed by atoms with Gasteiger partial charge in [0.25, 0.3) is 6.01 Å². The number of carbonyl (C=O) groups excluding carboxylic acids is 1. The lowest BCUT2D eigenvalue weighted by atomic mass is 10.1. The van der Waals surface area contributed by atoms with Crippen LogP contribution >= 0.6 is 11.6 Å². The first-order chi connectivity index (χ1) is 15.9. The third-order valence-corrected chi connectivity index (χ3v) is 5.72. The Balaban J connectivity index is 1.29. The number of hydrogen-bond donors (Lipinski definition) is 2. The number of rotatable bonds is 6. The fraction of sp³-hybridized carbons (Fsp3) is 0.381. The summed E-state index contributed by atoms with van der Waals surface area (Å²) in [4.78, 5) is 22.8. The van der Waals surface area contributed by atoms with Gasteiger partial charge in [-0.3, -0.25) is 4.79 Å². The van der Waals surface area contributed by atoms with Gasteiger partial charge < -0.3 is 29.2 Å². The molecule has 0 radical (unpaired) electrons. The minimum absolute atomic E-state index is 0.0218. The molecule has 0 saturated carbocycles. The number of nitrogens with one attached hydrogen (secondary N) is 2. The highest BCUT2D eigenvalue weighted by Crippen LogP contribution is 2.31. The molecule has 2 fully saturated rings. The Morgan fingerprint density at radius 3 is 2.76 bits per heavy atom. The lowest BCUT2D eigenvalue weighted by Gasteiger charge is -2.16. The molecule has 12 heteroatoms. The SMILES string of the molecule is CC(=O)NC1COC2[C@@H]1OC[C@H]2Oc1nc2nc(OCc3c(F)cccc3F)c(Cl)cc2[nH]1. The first-order valence-electron chi connectivity index (χ1n) is 10.2. The van der Waals surface area contributed by atoms with E-state index in [1.165, 1.54) is 19.1 Å². The largest absolute Gasteiger partial charge is 0.471 e. The average Bonchev–Trinajstić information content (AvgIpc) is 3.44. The molecular formula is C21H19ClF2N4O5. The smallest absolute Gasteiger partial charge is 0.296 e. The first kappa shape index (κ1) is 21.8. The van der Waals surface area contributed by atoms with Gasteiger partial charge in [-0.1, -0.05) is 17.7 Å². The van der Waals surface area contributed by atoms with Crippen LogP contribution in [0.5, 0.6) is 11.9 Å². The van der Waals surface area contributed by atoms with Gasteiger partial charge in [0.1, 0.15) is 35.5 Å². The summed E-state index contributed by atoms with van der Waals surface area (Å²) in [6.07, 6.45) is -1.11. The van der Waals surface area contributed by atoms with E-state index >= 15 is 0 Å². The normalized spacial score (nSPS) is 24.1. The van der Waals surface area contributed by atoms with Gasteiger partial charge in [-0.25, -0.2) is 8.78 Å². The van der Waals surface area contributed by atoms with Crippen LogP contribution in [0.3, 0.4) is 0 Å². The standard InChI is InChI=1S/C21H19ClF2N4O5/c1-9(29)25-15-7-30-18-16(8-31-17(15)18)33-21-26-14-5-11(22)20(27-19(14)28-21)32-6-10-12(23)3-2-4-13(10)24/h2-5,15-18H,6-8H2,1H3,(H,25,29)(H,26,27,28)/t15?,16-,17-,18?/m1/s1. The van der Waals surface area contributed by atoms with Crippen LogP contribution in [0.2, 0.25) is 5.02 Å². The summed E-state index contributed by atoms with van der Waals surface area (Å²) in [7, 11) is 0. The number of H-pyrrole nitrogens is 1. The predicted molar refractivity (Wildman–Crippen MR) is 111 cm³/mol. The number of imidazole rings is 1. The zero-order chi connectivity index (χ0) is 23.1. The summed E-state index contributed by atoms with van der Waals surface area (Å²) in [6, 6.07) is 5.01. The number of nitrogens with zero attached hydrogens (tertiary/aromatic N) is 2. The molecule has 0 aliphatic carbocycles. The monoisotopic (exact) mass is 480 g/mol. The second-order valence-electron chi connectivity index (χ2n) is 7.74. The number of hydrogen-bond acceptors (Lipinski definition) is 7. The van der Waals surface area contributed by atoms with Gasteiger partial charge in [0.15, 0.2) is 11.8 Å². The molecule has 2 aliphatic rings. The first-order valence-corrected chi connectivity index (χ1v) is 10.6. The third-order valence-electron chi connectivity index (χ3n) is 5.45. The second-order valence-corrected chi connectivity index (χ2v) is 8.14. The van der Waals surface area contributed by atoms with Gasteiger partial charge in [0, 0.05) is 6.92 Å². The van der Waals surface area contributed by atoms with Crippen molar-refractivity contribution in [3.8, 4) is 11.9 Å². The Labute approximate surface area is 191 Å². The topological polar surface area (TPSA) is 108 Å². The van der Waals surface area contributed by atoms with Crippen molar-refractivity contribution in [2.24, 2.45) is 0 Å². The van der Waals surface area contributed by atoms with E-state index in [2.05, 4.69) is 20.3 Å². The maximum atomic E-state index is 13.8. The maximum Gasteiger partial charge on any atom is 0.296 e. The van der Waals surface area contributed by atoms with E-state index in [4.69, 9.17) is 30.5 Å². The summed E-state index contributed by atoms with van der Waals surface area (Å²) < 4.78 is 50.5. The fourth-order valence-corrected chi connectivity index (χ4v) is 4.15. The predicted octanol–water partition coefficient (Wildman–Crippen LogP) is 2.52. The molecule has 9 nitrogen and oxygen atoms in total. The molecule has 4 heterocycles. The molecule has 4 atom stereocenters. The van der Waals surface area contributed by atoms with Crippen LogP contribution in [0, 0.1) is 11.6 Å². The Morgan fingerprint density at radius 1 is 1.24 bits per heavy atom. The van der Waals surface area contributed by atoms with Crippen LogP contribution in [-0.4, -0.2) is 58.4 Å². The van der Waals surface area contributed by atoms with Crippen LogP contribution < -0.4 is 14.8 Å². The van der Waals surface area contributed by atoms with Crippen LogP contribution in [0.1, 0.15) is 12.5 Å². The van der Waals surface area contributed by atoms with Crippen molar-refractivity contribution in [2.75, 3.05) is 13.2 Å². The number of halogens is 3. The number of aromatic nitrogens is 3. The van der Waals surface area contributed by atoms with E-state index in [-0.39, 0.29) is 65.5 Å². The molecule has 3 aromatic rings. The van der Waals surface area contributed by atoms with Gasteiger partial charge in [-0.15, -0.1) is 0 Å². The number of ether oxygens (including phenoxy) is 4. The molecule has 174 valence electrons. The second kappa shape index (κ2) is 8.73. The number of fused-ring (bicyclic) bond motifs is 2. The zero-order valence-corrected chi connectivity index (χ0v) is 18.1. The molecule has 5 rings (SSSR count). The van der Waals surface area contributed by atoms with Crippen molar-refractivity contribution >= 4 is 28.7 Å². The van der Waals surface area contributed by atoms with Gasteiger partial charge in [-0.2, -0.15) is 9.97 Å². The van der Waals surface area contributed by atoms with E-state index < -0.39 is 17.7 Å². The quantitative estimate of drug-likeness (QED) is 0.558. The molecular weight excluding hydrogens is 462 g/mol. The molecule has 33 heavy (non-hydrogen) atoms. The molecule has 2 saturated heterocycles. The lowest BCUT2D eigenvalue weighted by Crippen LogP contribution is -2.43. The molecule has 1 aromatic carbocycles. The highest BCUT2D eigenvalue weighted by molar-refractivity contribution is 6.32.